The molecular weight excluding hydrogens is 126 g/mol. The fraction of sp³-hybridized carbons (Fsp3) is 0.429. The van der Waals surface area contributed by atoms with Crippen molar-refractivity contribution in [3.8, 4) is 6.07 Å². The van der Waals surface area contributed by atoms with Gasteiger partial charge in [0.2, 0.25) is 0 Å². The molecule has 3 heteroatoms. The summed E-state index contributed by atoms with van der Waals surface area (Å²) in [7, 11) is 0. The summed E-state index contributed by atoms with van der Waals surface area (Å²) in [4.78, 5) is 0. The van der Waals surface area contributed by atoms with Crippen LogP contribution in [0.5, 0.6) is 0 Å². The molecule has 0 aliphatic heterocycles. The first-order valence-corrected chi connectivity index (χ1v) is 3.14. The van der Waals surface area contributed by atoms with E-state index in [1.54, 1.807) is 10.9 Å². The molecule has 0 saturated carbocycles. The number of rotatable bonds is 1. The Morgan fingerprint density at radius 2 is 2.50 bits per heavy atom. The summed E-state index contributed by atoms with van der Waals surface area (Å²) in [6.07, 6.45) is 3.60. The zero-order valence-electron chi connectivity index (χ0n) is 6.07. The van der Waals surface area contributed by atoms with Gasteiger partial charge in [-0.15, -0.1) is 0 Å². The summed E-state index contributed by atoms with van der Waals surface area (Å²) in [6.45, 7) is 3.76. The van der Waals surface area contributed by atoms with Crippen LogP contribution in [0, 0.1) is 18.3 Å². The van der Waals surface area contributed by atoms with Crippen LogP contribution in [0.25, 0.3) is 0 Å². The lowest BCUT2D eigenvalue weighted by Crippen LogP contribution is -2.01. The molecule has 0 N–H and O–H groups in total. The molecule has 1 heterocycles. The number of nitriles is 1. The Hall–Kier alpha value is -1.30. The maximum Gasteiger partial charge on any atom is 0.135 e. The molecular formula is C7H9N3. The van der Waals surface area contributed by atoms with Gasteiger partial charge in [-0.3, -0.25) is 4.68 Å². The Bertz CT molecular complexity index is 256. The van der Waals surface area contributed by atoms with Gasteiger partial charge in [0.25, 0.3) is 0 Å². The van der Waals surface area contributed by atoms with E-state index in [4.69, 9.17) is 5.26 Å². The van der Waals surface area contributed by atoms with Crippen molar-refractivity contribution in [2.45, 2.75) is 19.9 Å². The van der Waals surface area contributed by atoms with Gasteiger partial charge in [0.05, 0.1) is 12.3 Å². The lowest BCUT2D eigenvalue weighted by Gasteiger charge is -1.99. The number of nitrogens with zero attached hydrogens (tertiary/aromatic N) is 3. The second-order valence-electron chi connectivity index (χ2n) is 2.30. The van der Waals surface area contributed by atoms with E-state index in [0.717, 1.165) is 5.56 Å². The lowest BCUT2D eigenvalue weighted by molar-refractivity contribution is 0.591. The summed E-state index contributed by atoms with van der Waals surface area (Å²) in [6, 6.07) is 1.94. The zero-order chi connectivity index (χ0) is 7.56. The smallest absolute Gasteiger partial charge is 0.135 e. The molecule has 3 nitrogen and oxygen atoms in total. The molecule has 1 rings (SSSR count). The zero-order valence-corrected chi connectivity index (χ0v) is 6.07. The summed E-state index contributed by atoms with van der Waals surface area (Å²) < 4.78 is 1.65. The third kappa shape index (κ3) is 1.16. The second-order valence-corrected chi connectivity index (χ2v) is 2.30. The highest BCUT2D eigenvalue weighted by Gasteiger charge is 2.00. The van der Waals surface area contributed by atoms with Crippen LogP contribution in [0.3, 0.4) is 0 Å². The van der Waals surface area contributed by atoms with Gasteiger partial charge in [0.15, 0.2) is 0 Å². The van der Waals surface area contributed by atoms with Gasteiger partial charge in [-0.2, -0.15) is 10.4 Å². The second kappa shape index (κ2) is 2.53. The largest absolute Gasteiger partial charge is 0.256 e. The van der Waals surface area contributed by atoms with Crippen molar-refractivity contribution in [2.24, 2.45) is 0 Å². The average Bonchev–Trinajstić information content (AvgIpc) is 2.34. The molecule has 0 amide bonds. The number of aryl methyl sites for hydroxylation is 1. The van der Waals surface area contributed by atoms with Crippen molar-refractivity contribution < 1.29 is 0 Å². The molecule has 0 saturated heterocycles. The molecule has 0 spiro atoms. The van der Waals surface area contributed by atoms with Gasteiger partial charge in [-0.1, -0.05) is 0 Å². The van der Waals surface area contributed by atoms with Gasteiger partial charge in [0.1, 0.15) is 6.04 Å². The summed E-state index contributed by atoms with van der Waals surface area (Å²) >= 11 is 0. The van der Waals surface area contributed by atoms with Crippen LogP contribution in [0.4, 0.5) is 0 Å². The van der Waals surface area contributed by atoms with Crippen LogP contribution >= 0.6 is 0 Å². The standard InChI is InChI=1S/C7H9N3/c1-6-4-9-10(5-6)7(2)3-8/h4-5,7H,1-2H3. The van der Waals surface area contributed by atoms with Crippen LogP contribution in [-0.4, -0.2) is 9.78 Å². The third-order valence-electron chi connectivity index (χ3n) is 1.31. The van der Waals surface area contributed by atoms with Crippen LogP contribution < -0.4 is 0 Å². The first kappa shape index (κ1) is 6.81. The van der Waals surface area contributed by atoms with Crippen LogP contribution in [0.15, 0.2) is 12.4 Å². The first-order valence-electron chi connectivity index (χ1n) is 3.14. The predicted octanol–water partition coefficient (Wildman–Crippen LogP) is 1.28. The van der Waals surface area contributed by atoms with E-state index < -0.39 is 0 Å². The maximum atomic E-state index is 8.49. The number of hydrogen-bond acceptors (Lipinski definition) is 2. The van der Waals surface area contributed by atoms with Gasteiger partial charge >= 0.3 is 0 Å². The summed E-state index contributed by atoms with van der Waals surface area (Å²) in [5, 5.41) is 12.5. The fourth-order valence-electron chi connectivity index (χ4n) is 0.704. The molecule has 0 aromatic carbocycles. The van der Waals surface area contributed by atoms with Gasteiger partial charge in [-0.25, -0.2) is 0 Å². The minimum atomic E-state index is -0.159. The van der Waals surface area contributed by atoms with E-state index in [1.165, 1.54) is 0 Å². The van der Waals surface area contributed by atoms with Crippen molar-refractivity contribution in [2.75, 3.05) is 0 Å². The number of hydrogen-bond donors (Lipinski definition) is 0. The lowest BCUT2D eigenvalue weighted by atomic mass is 10.4. The van der Waals surface area contributed by atoms with Crippen LogP contribution in [0.1, 0.15) is 18.5 Å². The fourth-order valence-corrected chi connectivity index (χ4v) is 0.704. The van der Waals surface area contributed by atoms with Crippen molar-refractivity contribution in [1.82, 2.24) is 9.78 Å². The van der Waals surface area contributed by atoms with Crippen molar-refractivity contribution in [3.05, 3.63) is 18.0 Å². The number of aromatic nitrogens is 2. The minimum Gasteiger partial charge on any atom is -0.256 e. The van der Waals surface area contributed by atoms with E-state index in [1.807, 2.05) is 20.0 Å². The minimum absolute atomic E-state index is 0.159. The van der Waals surface area contributed by atoms with Gasteiger partial charge < -0.3 is 0 Å². The molecule has 1 aromatic rings. The van der Waals surface area contributed by atoms with E-state index in [9.17, 15) is 0 Å². The summed E-state index contributed by atoms with van der Waals surface area (Å²) in [5.41, 5.74) is 1.09. The van der Waals surface area contributed by atoms with E-state index in [2.05, 4.69) is 11.2 Å². The maximum absolute atomic E-state index is 8.49. The van der Waals surface area contributed by atoms with Gasteiger partial charge in [0, 0.05) is 6.20 Å². The Morgan fingerprint density at radius 3 is 2.90 bits per heavy atom. The molecule has 52 valence electrons. The average molecular weight is 135 g/mol. The Balaban J connectivity index is 2.87. The first-order chi connectivity index (χ1) is 4.74. The monoisotopic (exact) mass is 135 g/mol. The SMILES string of the molecule is Cc1cnn(C(C)C#N)c1. The highest BCUT2D eigenvalue weighted by Crippen LogP contribution is 2.02. The Kier molecular flexibility index (Phi) is 1.72. The Morgan fingerprint density at radius 1 is 1.80 bits per heavy atom. The van der Waals surface area contributed by atoms with E-state index in [-0.39, 0.29) is 6.04 Å². The third-order valence-corrected chi connectivity index (χ3v) is 1.31. The molecule has 0 aliphatic carbocycles. The highest BCUT2D eigenvalue weighted by molar-refractivity contribution is 5.02. The van der Waals surface area contributed by atoms with Crippen molar-refractivity contribution in [3.63, 3.8) is 0 Å². The highest BCUT2D eigenvalue weighted by atomic mass is 15.3. The van der Waals surface area contributed by atoms with Crippen molar-refractivity contribution in [1.29, 1.82) is 5.26 Å². The van der Waals surface area contributed by atoms with Gasteiger partial charge in [-0.05, 0) is 19.4 Å². The van der Waals surface area contributed by atoms with E-state index in [0.29, 0.717) is 0 Å². The molecule has 1 atom stereocenters. The molecule has 0 aliphatic rings. The Labute approximate surface area is 59.9 Å². The normalized spacial score (nSPS) is 12.5. The molecule has 10 heavy (non-hydrogen) atoms. The molecule has 1 aromatic heterocycles. The topological polar surface area (TPSA) is 41.6 Å². The molecule has 0 bridgehead atoms. The van der Waals surface area contributed by atoms with E-state index >= 15 is 0 Å². The van der Waals surface area contributed by atoms with Crippen molar-refractivity contribution >= 4 is 0 Å². The molecule has 0 fully saturated rings. The predicted molar refractivity (Wildman–Crippen MR) is 37.3 cm³/mol. The van der Waals surface area contributed by atoms with Crippen LogP contribution in [-0.2, 0) is 0 Å². The molecule has 0 radical (unpaired) electrons. The quantitative estimate of drug-likeness (QED) is 0.582. The van der Waals surface area contributed by atoms with Crippen LogP contribution in [0.2, 0.25) is 0 Å². The summed E-state index contributed by atoms with van der Waals surface area (Å²) in [5.74, 6) is 0. The molecule has 1 unspecified atom stereocenters.